The van der Waals surface area contributed by atoms with E-state index in [4.69, 9.17) is 16.3 Å². The monoisotopic (exact) mass is 212 g/mol. The van der Waals surface area contributed by atoms with Crippen molar-refractivity contribution in [1.29, 1.82) is 0 Å². The molecule has 78 valence electrons. The molecule has 0 heterocycles. The zero-order valence-corrected chi connectivity index (χ0v) is 9.39. The highest BCUT2D eigenvalue weighted by Crippen LogP contribution is 2.17. The van der Waals surface area contributed by atoms with Crippen molar-refractivity contribution in [3.8, 4) is 5.75 Å². The van der Waals surface area contributed by atoms with Gasteiger partial charge in [-0.1, -0.05) is 43.9 Å². The summed E-state index contributed by atoms with van der Waals surface area (Å²) in [7, 11) is 0. The van der Waals surface area contributed by atoms with Gasteiger partial charge in [0.25, 0.3) is 0 Å². The van der Waals surface area contributed by atoms with Crippen LogP contribution in [0.1, 0.15) is 32.6 Å². The first-order valence-electron chi connectivity index (χ1n) is 5.21. The Kier molecular flexibility index (Phi) is 5.46. The number of hydrogen-bond acceptors (Lipinski definition) is 1. The predicted molar refractivity (Wildman–Crippen MR) is 61.1 cm³/mol. The third kappa shape index (κ3) is 4.52. The minimum absolute atomic E-state index is 0.732. The highest BCUT2D eigenvalue weighted by molar-refractivity contribution is 6.30. The quantitative estimate of drug-likeness (QED) is 0.639. The molecule has 0 bridgehead atoms. The second-order valence-electron chi connectivity index (χ2n) is 3.37. The van der Waals surface area contributed by atoms with Crippen LogP contribution < -0.4 is 4.74 Å². The Labute approximate surface area is 91.0 Å². The van der Waals surface area contributed by atoms with Crippen molar-refractivity contribution >= 4 is 11.6 Å². The first kappa shape index (κ1) is 11.4. The molecule has 0 aromatic heterocycles. The van der Waals surface area contributed by atoms with Gasteiger partial charge in [-0.05, 0) is 24.6 Å². The molecular formula is C12H17ClO. The van der Waals surface area contributed by atoms with Gasteiger partial charge in [-0.2, -0.15) is 0 Å². The van der Waals surface area contributed by atoms with E-state index in [1.165, 1.54) is 19.3 Å². The van der Waals surface area contributed by atoms with E-state index in [1.54, 1.807) is 0 Å². The smallest absolute Gasteiger partial charge is 0.120 e. The van der Waals surface area contributed by atoms with Crippen LogP contribution in [0.3, 0.4) is 0 Å². The maximum absolute atomic E-state index is 5.83. The van der Waals surface area contributed by atoms with Crippen molar-refractivity contribution in [2.45, 2.75) is 32.6 Å². The zero-order chi connectivity index (χ0) is 10.2. The van der Waals surface area contributed by atoms with E-state index in [2.05, 4.69) is 6.92 Å². The SMILES string of the molecule is CCCCCCOc1cccc(Cl)c1. The fourth-order valence-corrected chi connectivity index (χ4v) is 1.46. The lowest BCUT2D eigenvalue weighted by molar-refractivity contribution is 0.305. The number of ether oxygens (including phenoxy) is 1. The zero-order valence-electron chi connectivity index (χ0n) is 8.63. The van der Waals surface area contributed by atoms with Crippen molar-refractivity contribution in [2.75, 3.05) is 6.61 Å². The maximum atomic E-state index is 5.83. The molecule has 0 fully saturated rings. The Balaban J connectivity index is 2.18. The van der Waals surface area contributed by atoms with E-state index in [0.29, 0.717) is 0 Å². The summed E-state index contributed by atoms with van der Waals surface area (Å²) < 4.78 is 5.55. The average Bonchev–Trinajstić information content (AvgIpc) is 2.18. The standard InChI is InChI=1S/C12H17ClO/c1-2-3-4-5-9-14-12-8-6-7-11(13)10-12/h6-8,10H,2-5,9H2,1H3. The van der Waals surface area contributed by atoms with Crippen LogP contribution in [0.15, 0.2) is 24.3 Å². The van der Waals surface area contributed by atoms with Crippen molar-refractivity contribution in [3.05, 3.63) is 29.3 Å². The van der Waals surface area contributed by atoms with Crippen LogP contribution in [-0.2, 0) is 0 Å². The van der Waals surface area contributed by atoms with E-state index in [9.17, 15) is 0 Å². The van der Waals surface area contributed by atoms with Gasteiger partial charge in [-0.15, -0.1) is 0 Å². The third-order valence-corrected chi connectivity index (χ3v) is 2.30. The van der Waals surface area contributed by atoms with Crippen molar-refractivity contribution in [1.82, 2.24) is 0 Å². The number of benzene rings is 1. The fourth-order valence-electron chi connectivity index (χ4n) is 1.28. The predicted octanol–water partition coefficient (Wildman–Crippen LogP) is 4.30. The molecular weight excluding hydrogens is 196 g/mol. The van der Waals surface area contributed by atoms with Crippen LogP contribution in [0.4, 0.5) is 0 Å². The average molecular weight is 213 g/mol. The molecule has 1 aromatic rings. The fraction of sp³-hybridized carbons (Fsp3) is 0.500. The molecule has 0 aliphatic heterocycles. The summed E-state index contributed by atoms with van der Waals surface area (Å²) in [6.07, 6.45) is 4.92. The highest BCUT2D eigenvalue weighted by Gasteiger charge is 1.94. The van der Waals surface area contributed by atoms with Crippen LogP contribution in [0, 0.1) is 0 Å². The van der Waals surface area contributed by atoms with Crippen LogP contribution in [0.2, 0.25) is 5.02 Å². The summed E-state index contributed by atoms with van der Waals surface area (Å²) in [5.74, 6) is 0.869. The lowest BCUT2D eigenvalue weighted by Crippen LogP contribution is -1.96. The molecule has 0 aliphatic rings. The van der Waals surface area contributed by atoms with Crippen molar-refractivity contribution in [3.63, 3.8) is 0 Å². The van der Waals surface area contributed by atoms with Crippen LogP contribution in [0.5, 0.6) is 5.75 Å². The van der Waals surface area contributed by atoms with Crippen LogP contribution in [0.25, 0.3) is 0 Å². The molecule has 0 N–H and O–H groups in total. The molecule has 0 aliphatic carbocycles. The third-order valence-electron chi connectivity index (χ3n) is 2.06. The van der Waals surface area contributed by atoms with Gasteiger partial charge in [-0.25, -0.2) is 0 Å². The molecule has 14 heavy (non-hydrogen) atoms. The summed E-state index contributed by atoms with van der Waals surface area (Å²) >= 11 is 5.83. The molecule has 1 aromatic carbocycles. The number of rotatable bonds is 6. The Morgan fingerprint density at radius 1 is 1.21 bits per heavy atom. The van der Waals surface area contributed by atoms with Gasteiger partial charge in [0.15, 0.2) is 0 Å². The van der Waals surface area contributed by atoms with Crippen molar-refractivity contribution in [2.24, 2.45) is 0 Å². The Bertz CT molecular complexity index is 260. The van der Waals surface area contributed by atoms with Gasteiger partial charge in [0, 0.05) is 5.02 Å². The lowest BCUT2D eigenvalue weighted by atomic mass is 10.2. The summed E-state index contributed by atoms with van der Waals surface area (Å²) in [6.45, 7) is 3.00. The van der Waals surface area contributed by atoms with Crippen molar-refractivity contribution < 1.29 is 4.74 Å². The Morgan fingerprint density at radius 3 is 2.79 bits per heavy atom. The van der Waals surface area contributed by atoms with Gasteiger partial charge >= 0.3 is 0 Å². The summed E-state index contributed by atoms with van der Waals surface area (Å²) in [5.41, 5.74) is 0. The van der Waals surface area contributed by atoms with Gasteiger partial charge in [-0.3, -0.25) is 0 Å². The molecule has 1 nitrogen and oxygen atoms in total. The Hall–Kier alpha value is -0.690. The molecule has 0 spiro atoms. The van der Waals surface area contributed by atoms with E-state index in [0.717, 1.165) is 23.8 Å². The largest absolute Gasteiger partial charge is 0.494 e. The van der Waals surface area contributed by atoms with E-state index < -0.39 is 0 Å². The maximum Gasteiger partial charge on any atom is 0.120 e. The number of unbranched alkanes of at least 4 members (excludes halogenated alkanes) is 3. The molecule has 2 heteroatoms. The first-order valence-corrected chi connectivity index (χ1v) is 5.59. The normalized spacial score (nSPS) is 10.1. The molecule has 0 radical (unpaired) electrons. The number of hydrogen-bond donors (Lipinski definition) is 0. The molecule has 0 saturated heterocycles. The number of halogens is 1. The Morgan fingerprint density at radius 2 is 2.07 bits per heavy atom. The van der Waals surface area contributed by atoms with Gasteiger partial charge < -0.3 is 4.74 Å². The van der Waals surface area contributed by atoms with Gasteiger partial charge in [0.1, 0.15) is 5.75 Å². The summed E-state index contributed by atoms with van der Waals surface area (Å²) in [5, 5.41) is 0.732. The minimum Gasteiger partial charge on any atom is -0.494 e. The minimum atomic E-state index is 0.732. The lowest BCUT2D eigenvalue weighted by Gasteiger charge is -2.05. The molecule has 0 atom stereocenters. The van der Waals surface area contributed by atoms with Gasteiger partial charge in [0.05, 0.1) is 6.61 Å². The molecule has 0 saturated carbocycles. The summed E-state index contributed by atoms with van der Waals surface area (Å²) in [4.78, 5) is 0. The molecule has 0 amide bonds. The topological polar surface area (TPSA) is 9.23 Å². The second-order valence-corrected chi connectivity index (χ2v) is 3.80. The van der Waals surface area contributed by atoms with E-state index >= 15 is 0 Å². The summed E-state index contributed by atoms with van der Waals surface area (Å²) in [6, 6.07) is 7.54. The molecule has 0 unspecified atom stereocenters. The van der Waals surface area contributed by atoms with Crippen LogP contribution >= 0.6 is 11.6 Å². The molecule has 1 rings (SSSR count). The highest BCUT2D eigenvalue weighted by atomic mass is 35.5. The van der Waals surface area contributed by atoms with E-state index in [-0.39, 0.29) is 0 Å². The first-order chi connectivity index (χ1) is 6.83. The van der Waals surface area contributed by atoms with E-state index in [1.807, 2.05) is 24.3 Å². The van der Waals surface area contributed by atoms with Gasteiger partial charge in [0.2, 0.25) is 0 Å². The second kappa shape index (κ2) is 6.72. The van der Waals surface area contributed by atoms with Crippen LogP contribution in [-0.4, -0.2) is 6.61 Å².